The van der Waals surface area contributed by atoms with E-state index in [0.29, 0.717) is 18.7 Å². The van der Waals surface area contributed by atoms with E-state index in [2.05, 4.69) is 0 Å². The van der Waals surface area contributed by atoms with Crippen LogP contribution in [0.3, 0.4) is 0 Å². The van der Waals surface area contributed by atoms with Crippen LogP contribution in [0.25, 0.3) is 0 Å². The average molecular weight is 221 g/mol. The lowest BCUT2D eigenvalue weighted by Crippen LogP contribution is -2.30. The molecule has 4 nitrogen and oxygen atoms in total. The molecule has 0 atom stereocenters. The van der Waals surface area contributed by atoms with Gasteiger partial charge in [-0.05, 0) is 38.1 Å². The fraction of sp³-hybridized carbons (Fsp3) is 0.333. The molecule has 86 valence electrons. The SMILES string of the molecule is CCN(CC)C(=O)c1ccc(C(=O)O)cc1. The summed E-state index contributed by atoms with van der Waals surface area (Å²) in [6.45, 7) is 5.12. The van der Waals surface area contributed by atoms with Gasteiger partial charge in [-0.1, -0.05) is 0 Å². The van der Waals surface area contributed by atoms with Crippen molar-refractivity contribution in [3.8, 4) is 0 Å². The highest BCUT2D eigenvalue weighted by Crippen LogP contribution is 2.07. The highest BCUT2D eigenvalue weighted by molar-refractivity contribution is 5.95. The minimum absolute atomic E-state index is 0.0676. The van der Waals surface area contributed by atoms with Crippen LogP contribution in [0.2, 0.25) is 0 Å². The molecule has 1 N–H and O–H groups in total. The molecule has 0 aromatic heterocycles. The molecule has 0 unspecified atom stereocenters. The Labute approximate surface area is 94.5 Å². The van der Waals surface area contributed by atoms with Crippen molar-refractivity contribution in [1.82, 2.24) is 4.90 Å². The number of carboxylic acids is 1. The molecule has 0 aliphatic heterocycles. The van der Waals surface area contributed by atoms with Crippen molar-refractivity contribution in [1.29, 1.82) is 0 Å². The van der Waals surface area contributed by atoms with E-state index in [1.165, 1.54) is 12.1 Å². The zero-order valence-electron chi connectivity index (χ0n) is 9.43. The van der Waals surface area contributed by atoms with E-state index >= 15 is 0 Å². The van der Waals surface area contributed by atoms with Gasteiger partial charge >= 0.3 is 5.97 Å². The zero-order chi connectivity index (χ0) is 12.1. The highest BCUT2D eigenvalue weighted by atomic mass is 16.4. The predicted octanol–water partition coefficient (Wildman–Crippen LogP) is 1.87. The van der Waals surface area contributed by atoms with Gasteiger partial charge in [0.2, 0.25) is 0 Å². The summed E-state index contributed by atoms with van der Waals surface area (Å²) in [6.07, 6.45) is 0. The maximum absolute atomic E-state index is 11.9. The van der Waals surface area contributed by atoms with Gasteiger partial charge in [-0.3, -0.25) is 4.79 Å². The van der Waals surface area contributed by atoms with Crippen molar-refractivity contribution in [2.75, 3.05) is 13.1 Å². The summed E-state index contributed by atoms with van der Waals surface area (Å²) in [6, 6.07) is 5.98. The molecule has 0 spiro atoms. The summed E-state index contributed by atoms with van der Waals surface area (Å²) in [5.74, 6) is -1.05. The summed E-state index contributed by atoms with van der Waals surface area (Å²) in [5, 5.41) is 8.72. The van der Waals surface area contributed by atoms with Crippen LogP contribution in [-0.4, -0.2) is 35.0 Å². The second-order valence-electron chi connectivity index (χ2n) is 3.36. The third kappa shape index (κ3) is 2.59. The van der Waals surface area contributed by atoms with Crippen molar-refractivity contribution >= 4 is 11.9 Å². The molecule has 0 bridgehead atoms. The van der Waals surface area contributed by atoms with Gasteiger partial charge in [-0.15, -0.1) is 0 Å². The fourth-order valence-corrected chi connectivity index (χ4v) is 1.45. The van der Waals surface area contributed by atoms with Crippen LogP contribution in [0.15, 0.2) is 24.3 Å². The number of aromatic carboxylic acids is 1. The standard InChI is InChI=1S/C12H15NO3/c1-3-13(4-2)11(14)9-5-7-10(8-6-9)12(15)16/h5-8H,3-4H2,1-2H3,(H,15,16). The van der Waals surface area contributed by atoms with Crippen LogP contribution < -0.4 is 0 Å². The molecule has 4 heteroatoms. The third-order valence-corrected chi connectivity index (χ3v) is 2.43. The first-order valence-corrected chi connectivity index (χ1v) is 5.22. The van der Waals surface area contributed by atoms with Gasteiger partial charge in [0.15, 0.2) is 0 Å². The summed E-state index contributed by atoms with van der Waals surface area (Å²) in [7, 11) is 0. The maximum atomic E-state index is 11.9. The largest absolute Gasteiger partial charge is 0.478 e. The minimum atomic E-state index is -0.984. The van der Waals surface area contributed by atoms with Crippen molar-refractivity contribution < 1.29 is 14.7 Å². The number of hydrogen-bond donors (Lipinski definition) is 1. The average Bonchev–Trinajstić information content (AvgIpc) is 2.30. The van der Waals surface area contributed by atoms with E-state index in [0.717, 1.165) is 0 Å². The van der Waals surface area contributed by atoms with Crippen molar-refractivity contribution in [3.63, 3.8) is 0 Å². The monoisotopic (exact) mass is 221 g/mol. The first-order chi connectivity index (χ1) is 7.60. The van der Waals surface area contributed by atoms with Crippen LogP contribution in [-0.2, 0) is 0 Å². The molecule has 1 aromatic rings. The number of hydrogen-bond acceptors (Lipinski definition) is 2. The van der Waals surface area contributed by atoms with E-state index in [1.807, 2.05) is 13.8 Å². The minimum Gasteiger partial charge on any atom is -0.478 e. The van der Waals surface area contributed by atoms with Crippen LogP contribution in [0.5, 0.6) is 0 Å². The molecule has 1 rings (SSSR count). The van der Waals surface area contributed by atoms with E-state index in [9.17, 15) is 9.59 Å². The number of carbonyl (C=O) groups is 2. The Morgan fingerprint density at radius 3 is 1.88 bits per heavy atom. The van der Waals surface area contributed by atoms with E-state index in [-0.39, 0.29) is 11.5 Å². The molecule has 0 aliphatic rings. The molecule has 0 radical (unpaired) electrons. The number of rotatable bonds is 4. The molecule has 16 heavy (non-hydrogen) atoms. The Morgan fingerprint density at radius 2 is 1.50 bits per heavy atom. The molecule has 0 heterocycles. The summed E-state index contributed by atoms with van der Waals surface area (Å²) >= 11 is 0. The summed E-state index contributed by atoms with van der Waals surface area (Å²) in [4.78, 5) is 24.2. The van der Waals surface area contributed by atoms with Crippen LogP contribution in [0.4, 0.5) is 0 Å². The Hall–Kier alpha value is -1.84. The Morgan fingerprint density at radius 1 is 1.06 bits per heavy atom. The van der Waals surface area contributed by atoms with Crippen LogP contribution in [0.1, 0.15) is 34.6 Å². The van der Waals surface area contributed by atoms with Crippen molar-refractivity contribution in [2.45, 2.75) is 13.8 Å². The topological polar surface area (TPSA) is 57.6 Å². The molecular weight excluding hydrogens is 206 g/mol. The molecule has 0 saturated carbocycles. The second kappa shape index (κ2) is 5.30. The van der Waals surface area contributed by atoms with Crippen molar-refractivity contribution in [2.24, 2.45) is 0 Å². The molecule has 1 amide bonds. The fourth-order valence-electron chi connectivity index (χ4n) is 1.45. The number of carboxylic acid groups (broad SMARTS) is 1. The van der Waals surface area contributed by atoms with Crippen LogP contribution >= 0.6 is 0 Å². The van der Waals surface area contributed by atoms with Crippen molar-refractivity contribution in [3.05, 3.63) is 35.4 Å². The van der Waals surface area contributed by atoms with Gasteiger partial charge in [0, 0.05) is 18.7 Å². The Balaban J connectivity index is 2.89. The lowest BCUT2D eigenvalue weighted by Gasteiger charge is -2.18. The number of amides is 1. The normalized spacial score (nSPS) is 9.88. The maximum Gasteiger partial charge on any atom is 0.335 e. The predicted molar refractivity (Wildman–Crippen MR) is 60.7 cm³/mol. The molecular formula is C12H15NO3. The summed E-state index contributed by atoms with van der Waals surface area (Å²) < 4.78 is 0. The third-order valence-electron chi connectivity index (χ3n) is 2.43. The lowest BCUT2D eigenvalue weighted by molar-refractivity contribution is 0.0694. The quantitative estimate of drug-likeness (QED) is 0.844. The Kier molecular flexibility index (Phi) is 4.05. The Bertz CT molecular complexity index is 380. The van der Waals surface area contributed by atoms with Gasteiger partial charge in [-0.25, -0.2) is 4.79 Å². The number of carbonyl (C=O) groups excluding carboxylic acids is 1. The van der Waals surface area contributed by atoms with Gasteiger partial charge in [0.1, 0.15) is 0 Å². The van der Waals surface area contributed by atoms with Crippen LogP contribution in [0, 0.1) is 0 Å². The molecule has 0 aliphatic carbocycles. The zero-order valence-corrected chi connectivity index (χ0v) is 9.43. The molecule has 0 fully saturated rings. The van der Waals surface area contributed by atoms with Gasteiger partial charge in [0.25, 0.3) is 5.91 Å². The lowest BCUT2D eigenvalue weighted by atomic mass is 10.1. The van der Waals surface area contributed by atoms with E-state index < -0.39 is 5.97 Å². The van der Waals surface area contributed by atoms with E-state index in [4.69, 9.17) is 5.11 Å². The smallest absolute Gasteiger partial charge is 0.335 e. The number of nitrogens with zero attached hydrogens (tertiary/aromatic N) is 1. The molecule has 1 aromatic carbocycles. The highest BCUT2D eigenvalue weighted by Gasteiger charge is 2.12. The number of benzene rings is 1. The first kappa shape index (κ1) is 12.2. The van der Waals surface area contributed by atoms with Gasteiger partial charge < -0.3 is 10.0 Å². The summed E-state index contributed by atoms with van der Waals surface area (Å²) in [5.41, 5.74) is 0.713. The van der Waals surface area contributed by atoms with E-state index in [1.54, 1.807) is 17.0 Å². The molecule has 0 saturated heterocycles. The second-order valence-corrected chi connectivity index (χ2v) is 3.36. The first-order valence-electron chi connectivity index (χ1n) is 5.22. The van der Waals surface area contributed by atoms with Gasteiger partial charge in [0.05, 0.1) is 5.56 Å². The van der Waals surface area contributed by atoms with Gasteiger partial charge in [-0.2, -0.15) is 0 Å².